The monoisotopic (exact) mass is 256 g/mol. The molecule has 0 saturated carbocycles. The quantitative estimate of drug-likeness (QED) is 0.483. The summed E-state index contributed by atoms with van der Waals surface area (Å²) < 4.78 is 57.4. The normalized spacial score (nSPS) is 10.5. The first-order chi connectivity index (χ1) is 7.91. The Bertz CT molecular complexity index is 405. The van der Waals surface area contributed by atoms with E-state index < -0.39 is 41.6 Å². The van der Waals surface area contributed by atoms with Gasteiger partial charge in [-0.25, -0.2) is 8.78 Å². The number of hydrogen-bond donors (Lipinski definition) is 2. The van der Waals surface area contributed by atoms with Crippen molar-refractivity contribution in [3.05, 3.63) is 23.3 Å². The van der Waals surface area contributed by atoms with Crippen molar-refractivity contribution in [1.29, 1.82) is 0 Å². The highest BCUT2D eigenvalue weighted by atomic mass is 19.2. The van der Waals surface area contributed by atoms with Gasteiger partial charge in [0.25, 0.3) is 0 Å². The molecule has 0 saturated heterocycles. The summed E-state index contributed by atoms with van der Waals surface area (Å²) in [4.78, 5) is 0. The summed E-state index contributed by atoms with van der Waals surface area (Å²) in [5.41, 5.74) is -1.48. The van der Waals surface area contributed by atoms with Crippen molar-refractivity contribution < 1.29 is 35.2 Å². The minimum absolute atomic E-state index is 0. The van der Waals surface area contributed by atoms with Crippen molar-refractivity contribution >= 4 is 12.6 Å². The molecule has 0 bridgehead atoms. The van der Waals surface area contributed by atoms with E-state index in [-0.39, 0.29) is 9.46 Å². The van der Waals surface area contributed by atoms with Crippen LogP contribution in [0.4, 0.5) is 17.6 Å². The molecular formula is C9H13BF4O3. The molecule has 0 aliphatic heterocycles. The summed E-state index contributed by atoms with van der Waals surface area (Å²) in [6.07, 6.45) is 0.381. The van der Waals surface area contributed by atoms with Crippen LogP contribution in [-0.4, -0.2) is 23.8 Å². The molecule has 0 atom stereocenters. The molecule has 17 heavy (non-hydrogen) atoms. The fourth-order valence-electron chi connectivity index (χ4n) is 1.19. The molecule has 0 aliphatic rings. The highest BCUT2D eigenvalue weighted by Crippen LogP contribution is 2.25. The fourth-order valence-corrected chi connectivity index (χ4v) is 1.19. The van der Waals surface area contributed by atoms with E-state index in [0.717, 1.165) is 0 Å². The molecule has 0 unspecified atom stereocenters. The SMILES string of the molecule is CCCOc1c(F)c(F)c(B(O)O)c(F)c1F.[HH].[HH]. The second-order valence-corrected chi connectivity index (χ2v) is 3.22. The maximum Gasteiger partial charge on any atom is 0.494 e. The number of rotatable bonds is 4. The molecule has 0 aromatic heterocycles. The van der Waals surface area contributed by atoms with Crippen molar-refractivity contribution in [2.45, 2.75) is 13.3 Å². The molecule has 8 heteroatoms. The lowest BCUT2D eigenvalue weighted by molar-refractivity contribution is 0.272. The summed E-state index contributed by atoms with van der Waals surface area (Å²) in [5, 5.41) is 17.2. The van der Waals surface area contributed by atoms with Crippen molar-refractivity contribution in [3.63, 3.8) is 0 Å². The van der Waals surface area contributed by atoms with Crippen LogP contribution in [0.1, 0.15) is 16.2 Å². The van der Waals surface area contributed by atoms with Gasteiger partial charge in [-0.15, -0.1) is 0 Å². The lowest BCUT2D eigenvalue weighted by Gasteiger charge is -2.11. The highest BCUT2D eigenvalue weighted by molar-refractivity contribution is 6.58. The van der Waals surface area contributed by atoms with Crippen LogP contribution < -0.4 is 10.2 Å². The van der Waals surface area contributed by atoms with E-state index in [2.05, 4.69) is 4.74 Å². The number of ether oxygens (including phenoxy) is 1. The minimum atomic E-state index is -2.65. The lowest BCUT2D eigenvalue weighted by Crippen LogP contribution is -2.37. The third-order valence-corrected chi connectivity index (χ3v) is 1.97. The van der Waals surface area contributed by atoms with Crippen molar-refractivity contribution in [1.82, 2.24) is 0 Å². The van der Waals surface area contributed by atoms with E-state index in [1.165, 1.54) is 0 Å². The third-order valence-electron chi connectivity index (χ3n) is 1.97. The van der Waals surface area contributed by atoms with Crippen LogP contribution in [0.3, 0.4) is 0 Å². The average Bonchev–Trinajstić information content (AvgIpc) is 2.26. The summed E-state index contributed by atoms with van der Waals surface area (Å²) in [6, 6.07) is 0. The van der Waals surface area contributed by atoms with Gasteiger partial charge in [0.2, 0.25) is 11.6 Å². The Morgan fingerprint density at radius 1 is 1.06 bits per heavy atom. The molecule has 98 valence electrons. The Hall–Kier alpha value is -1.28. The highest BCUT2D eigenvalue weighted by Gasteiger charge is 2.32. The van der Waals surface area contributed by atoms with Crippen LogP contribution in [0.25, 0.3) is 0 Å². The molecule has 1 aromatic rings. The number of benzene rings is 1. The second-order valence-electron chi connectivity index (χ2n) is 3.22. The number of halogens is 4. The zero-order valence-electron chi connectivity index (χ0n) is 8.81. The van der Waals surface area contributed by atoms with Gasteiger partial charge in [-0.1, -0.05) is 6.92 Å². The zero-order valence-corrected chi connectivity index (χ0v) is 8.81. The molecule has 0 spiro atoms. The second kappa shape index (κ2) is 5.37. The summed E-state index contributed by atoms with van der Waals surface area (Å²) in [6.45, 7) is 1.50. The van der Waals surface area contributed by atoms with Gasteiger partial charge < -0.3 is 14.8 Å². The van der Waals surface area contributed by atoms with Gasteiger partial charge in [0.15, 0.2) is 17.4 Å². The Labute approximate surface area is 97.8 Å². The topological polar surface area (TPSA) is 49.7 Å². The predicted molar refractivity (Wildman–Crippen MR) is 56.1 cm³/mol. The van der Waals surface area contributed by atoms with Crippen LogP contribution in [0.15, 0.2) is 0 Å². The first-order valence-corrected chi connectivity index (χ1v) is 4.76. The third kappa shape index (κ3) is 2.53. The van der Waals surface area contributed by atoms with E-state index in [0.29, 0.717) is 6.42 Å². The first-order valence-electron chi connectivity index (χ1n) is 4.76. The van der Waals surface area contributed by atoms with Gasteiger partial charge >= 0.3 is 7.12 Å². The molecule has 3 nitrogen and oxygen atoms in total. The molecule has 0 heterocycles. The van der Waals surface area contributed by atoms with Gasteiger partial charge in [-0.05, 0) is 6.42 Å². The minimum Gasteiger partial charge on any atom is -0.487 e. The molecule has 1 rings (SSSR count). The van der Waals surface area contributed by atoms with Gasteiger partial charge in [0, 0.05) is 2.85 Å². The fraction of sp³-hybridized carbons (Fsp3) is 0.333. The molecule has 0 fully saturated rings. The van der Waals surface area contributed by atoms with Gasteiger partial charge in [0.1, 0.15) is 0 Å². The molecule has 0 amide bonds. The van der Waals surface area contributed by atoms with Crippen LogP contribution in [0.2, 0.25) is 0 Å². The van der Waals surface area contributed by atoms with E-state index in [1.54, 1.807) is 6.92 Å². The summed E-state index contributed by atoms with van der Waals surface area (Å²) in [5.74, 6) is -8.55. The van der Waals surface area contributed by atoms with Crippen LogP contribution in [0, 0.1) is 23.3 Å². The van der Waals surface area contributed by atoms with E-state index in [1.807, 2.05) is 0 Å². The largest absolute Gasteiger partial charge is 0.494 e. The van der Waals surface area contributed by atoms with E-state index >= 15 is 0 Å². The van der Waals surface area contributed by atoms with Gasteiger partial charge in [-0.3, -0.25) is 0 Å². The standard InChI is InChI=1S/C9H9BF4O3.2H2/c1-2-3-17-9-7(13)5(11)4(10(15)16)6(12)8(9)14;;/h15-16H,2-3H2,1H3;2*1H. The van der Waals surface area contributed by atoms with Gasteiger partial charge in [-0.2, -0.15) is 8.78 Å². The summed E-state index contributed by atoms with van der Waals surface area (Å²) >= 11 is 0. The van der Waals surface area contributed by atoms with Crippen LogP contribution in [0.5, 0.6) is 5.75 Å². The van der Waals surface area contributed by atoms with Crippen molar-refractivity contribution in [3.8, 4) is 5.75 Å². The maximum absolute atomic E-state index is 13.3. The molecule has 0 aliphatic carbocycles. The van der Waals surface area contributed by atoms with Gasteiger partial charge in [0.05, 0.1) is 12.1 Å². The number of hydrogen-bond acceptors (Lipinski definition) is 3. The van der Waals surface area contributed by atoms with E-state index in [4.69, 9.17) is 10.0 Å². The smallest absolute Gasteiger partial charge is 0.487 e. The van der Waals surface area contributed by atoms with Crippen LogP contribution in [-0.2, 0) is 0 Å². The molecular weight excluding hydrogens is 243 g/mol. The predicted octanol–water partition coefficient (Wildman–Crippen LogP) is 1.20. The average molecular weight is 256 g/mol. The van der Waals surface area contributed by atoms with E-state index in [9.17, 15) is 17.6 Å². The Balaban J connectivity index is 0. The maximum atomic E-state index is 13.3. The van der Waals surface area contributed by atoms with Crippen molar-refractivity contribution in [2.75, 3.05) is 6.61 Å². The lowest BCUT2D eigenvalue weighted by atomic mass is 9.79. The Morgan fingerprint density at radius 2 is 1.53 bits per heavy atom. The zero-order chi connectivity index (χ0) is 13.2. The molecule has 0 radical (unpaired) electrons. The Morgan fingerprint density at radius 3 is 1.88 bits per heavy atom. The van der Waals surface area contributed by atoms with Crippen LogP contribution >= 0.6 is 0 Å². The van der Waals surface area contributed by atoms with Crippen molar-refractivity contribution in [2.24, 2.45) is 0 Å². The summed E-state index contributed by atoms with van der Waals surface area (Å²) in [7, 11) is -2.65. The Kier molecular flexibility index (Phi) is 4.36. The first kappa shape index (κ1) is 13.8. The molecule has 2 N–H and O–H groups in total. The molecule has 1 aromatic carbocycles.